The summed E-state index contributed by atoms with van der Waals surface area (Å²) in [4.78, 5) is 17.1. The van der Waals surface area contributed by atoms with E-state index in [1.165, 1.54) is 0 Å². The number of aromatic nitrogens is 1. The van der Waals surface area contributed by atoms with Crippen LogP contribution in [-0.4, -0.2) is 17.3 Å². The molecule has 2 N–H and O–H groups in total. The Morgan fingerprint density at radius 1 is 1.30 bits per heavy atom. The molecule has 1 saturated carbocycles. The Morgan fingerprint density at radius 3 is 2.95 bits per heavy atom. The van der Waals surface area contributed by atoms with Crippen molar-refractivity contribution in [1.29, 1.82) is 0 Å². The lowest BCUT2D eigenvalue weighted by Crippen LogP contribution is -2.25. The molecule has 0 radical (unpaired) electrons. The van der Waals surface area contributed by atoms with E-state index in [2.05, 4.69) is 4.98 Å². The lowest BCUT2D eigenvalue weighted by molar-refractivity contribution is 0.0893. The van der Waals surface area contributed by atoms with Crippen molar-refractivity contribution in [2.24, 2.45) is 17.6 Å². The molecule has 3 nitrogen and oxygen atoms in total. The Labute approximate surface area is 119 Å². The highest BCUT2D eigenvalue weighted by molar-refractivity contribution is 6.01. The van der Waals surface area contributed by atoms with Gasteiger partial charge in [0.05, 0.1) is 5.52 Å². The van der Waals surface area contributed by atoms with Gasteiger partial charge in [-0.2, -0.15) is 0 Å². The van der Waals surface area contributed by atoms with Crippen molar-refractivity contribution < 1.29 is 4.79 Å². The van der Waals surface area contributed by atoms with Crippen molar-refractivity contribution in [3.8, 4) is 0 Å². The van der Waals surface area contributed by atoms with E-state index < -0.39 is 0 Å². The molecule has 0 bridgehead atoms. The van der Waals surface area contributed by atoms with Crippen LogP contribution < -0.4 is 5.73 Å². The summed E-state index contributed by atoms with van der Waals surface area (Å²) in [5.41, 5.74) is 8.53. The molecule has 1 heterocycles. The predicted octanol–water partition coefficient (Wildman–Crippen LogP) is 3.10. The van der Waals surface area contributed by atoms with Crippen molar-refractivity contribution >= 4 is 16.7 Å². The maximum atomic E-state index is 12.7. The zero-order valence-corrected chi connectivity index (χ0v) is 11.8. The standard InChI is InChI=1S/C17H20N2O/c1-11-5-6-12-9-13(7-8-16(12)19-11)17(20)15-4-2-3-14(15)10-18/h5-9,14-15H,2-4,10,18H2,1H3. The fraction of sp³-hybridized carbons (Fsp3) is 0.412. The average molecular weight is 268 g/mol. The van der Waals surface area contributed by atoms with Gasteiger partial charge in [-0.1, -0.05) is 12.5 Å². The van der Waals surface area contributed by atoms with Crippen LogP contribution in [0.5, 0.6) is 0 Å². The number of ketones is 1. The molecular weight excluding hydrogens is 248 g/mol. The lowest BCUT2D eigenvalue weighted by Gasteiger charge is -2.16. The molecule has 1 aromatic heterocycles. The molecule has 2 aromatic rings. The Balaban J connectivity index is 1.93. The second-order valence-electron chi connectivity index (χ2n) is 5.76. The molecule has 1 aliphatic carbocycles. The van der Waals surface area contributed by atoms with Crippen LogP contribution in [0.2, 0.25) is 0 Å². The van der Waals surface area contributed by atoms with Crippen LogP contribution in [0.15, 0.2) is 30.3 Å². The Bertz CT molecular complexity index is 650. The van der Waals surface area contributed by atoms with Crippen LogP contribution in [0, 0.1) is 18.8 Å². The number of Topliss-reactive ketones (excluding diaryl/α,β-unsaturated/α-hetero) is 1. The quantitative estimate of drug-likeness (QED) is 0.870. The molecule has 2 atom stereocenters. The number of hydrogen-bond acceptors (Lipinski definition) is 3. The molecule has 2 unspecified atom stereocenters. The zero-order valence-electron chi connectivity index (χ0n) is 11.8. The van der Waals surface area contributed by atoms with E-state index >= 15 is 0 Å². The average Bonchev–Trinajstić information content (AvgIpc) is 2.94. The van der Waals surface area contributed by atoms with Gasteiger partial charge in [-0.3, -0.25) is 9.78 Å². The number of fused-ring (bicyclic) bond motifs is 1. The molecule has 104 valence electrons. The van der Waals surface area contributed by atoms with E-state index in [0.29, 0.717) is 12.5 Å². The first kappa shape index (κ1) is 13.3. The maximum Gasteiger partial charge on any atom is 0.166 e. The molecule has 0 amide bonds. The van der Waals surface area contributed by atoms with E-state index in [-0.39, 0.29) is 11.7 Å². The van der Waals surface area contributed by atoms with Crippen LogP contribution in [0.1, 0.15) is 35.3 Å². The number of pyridine rings is 1. The molecule has 1 fully saturated rings. The van der Waals surface area contributed by atoms with Crippen LogP contribution in [0.3, 0.4) is 0 Å². The number of carbonyl (C=O) groups excluding carboxylic acids is 1. The van der Waals surface area contributed by atoms with Gasteiger partial charge in [0.2, 0.25) is 0 Å². The molecule has 20 heavy (non-hydrogen) atoms. The van der Waals surface area contributed by atoms with E-state index in [1.54, 1.807) is 0 Å². The molecule has 0 aliphatic heterocycles. The summed E-state index contributed by atoms with van der Waals surface area (Å²) in [6.07, 6.45) is 3.18. The number of nitrogens with zero attached hydrogens (tertiary/aromatic N) is 1. The Hall–Kier alpha value is -1.74. The minimum atomic E-state index is 0.107. The SMILES string of the molecule is Cc1ccc2cc(C(=O)C3CCCC3CN)ccc2n1. The number of hydrogen-bond donors (Lipinski definition) is 1. The van der Waals surface area contributed by atoms with Gasteiger partial charge in [0, 0.05) is 22.6 Å². The highest BCUT2D eigenvalue weighted by Gasteiger charge is 2.32. The number of rotatable bonds is 3. The summed E-state index contributed by atoms with van der Waals surface area (Å²) in [6.45, 7) is 2.59. The molecule has 0 spiro atoms. The molecule has 3 rings (SSSR count). The third kappa shape index (κ3) is 2.34. The third-order valence-corrected chi connectivity index (χ3v) is 4.41. The van der Waals surface area contributed by atoms with Crippen LogP contribution in [-0.2, 0) is 0 Å². The van der Waals surface area contributed by atoms with E-state index in [1.807, 2.05) is 37.3 Å². The summed E-state index contributed by atoms with van der Waals surface area (Å²) in [7, 11) is 0. The van der Waals surface area contributed by atoms with Crippen molar-refractivity contribution in [3.63, 3.8) is 0 Å². The first-order valence-corrected chi connectivity index (χ1v) is 7.31. The van der Waals surface area contributed by atoms with Crippen molar-refractivity contribution in [1.82, 2.24) is 4.98 Å². The molecule has 3 heteroatoms. The topological polar surface area (TPSA) is 56.0 Å². The normalized spacial score (nSPS) is 22.3. The van der Waals surface area contributed by atoms with Gasteiger partial charge in [-0.25, -0.2) is 0 Å². The van der Waals surface area contributed by atoms with Gasteiger partial charge in [0.15, 0.2) is 5.78 Å². The lowest BCUT2D eigenvalue weighted by atomic mass is 9.88. The van der Waals surface area contributed by atoms with Gasteiger partial charge in [0.1, 0.15) is 0 Å². The Morgan fingerprint density at radius 2 is 2.15 bits per heavy atom. The molecular formula is C17H20N2O. The number of carbonyl (C=O) groups is 1. The van der Waals surface area contributed by atoms with Gasteiger partial charge in [0.25, 0.3) is 0 Å². The highest BCUT2D eigenvalue weighted by atomic mass is 16.1. The summed E-state index contributed by atoms with van der Waals surface area (Å²) >= 11 is 0. The second kappa shape index (κ2) is 5.33. The second-order valence-corrected chi connectivity index (χ2v) is 5.76. The largest absolute Gasteiger partial charge is 0.330 e. The number of aryl methyl sites for hydroxylation is 1. The van der Waals surface area contributed by atoms with E-state index in [4.69, 9.17) is 5.73 Å². The minimum Gasteiger partial charge on any atom is -0.330 e. The fourth-order valence-electron chi connectivity index (χ4n) is 3.26. The molecule has 0 saturated heterocycles. The van der Waals surface area contributed by atoms with Crippen molar-refractivity contribution in [2.45, 2.75) is 26.2 Å². The smallest absolute Gasteiger partial charge is 0.166 e. The van der Waals surface area contributed by atoms with Crippen molar-refractivity contribution in [3.05, 3.63) is 41.6 Å². The van der Waals surface area contributed by atoms with Gasteiger partial charge in [-0.05, 0) is 56.5 Å². The zero-order chi connectivity index (χ0) is 14.1. The van der Waals surface area contributed by atoms with Crippen LogP contribution in [0.4, 0.5) is 0 Å². The third-order valence-electron chi connectivity index (χ3n) is 4.41. The number of benzene rings is 1. The summed E-state index contributed by atoms with van der Waals surface area (Å²) < 4.78 is 0. The molecule has 1 aliphatic rings. The van der Waals surface area contributed by atoms with Crippen molar-refractivity contribution in [2.75, 3.05) is 6.54 Å². The van der Waals surface area contributed by atoms with Gasteiger partial charge < -0.3 is 5.73 Å². The fourth-order valence-corrected chi connectivity index (χ4v) is 3.26. The van der Waals surface area contributed by atoms with Crippen LogP contribution in [0.25, 0.3) is 10.9 Å². The van der Waals surface area contributed by atoms with Gasteiger partial charge in [-0.15, -0.1) is 0 Å². The summed E-state index contributed by atoms with van der Waals surface area (Å²) in [5.74, 6) is 0.714. The monoisotopic (exact) mass is 268 g/mol. The molecule has 1 aromatic carbocycles. The van der Waals surface area contributed by atoms with E-state index in [0.717, 1.165) is 41.4 Å². The summed E-state index contributed by atoms with van der Waals surface area (Å²) in [6, 6.07) is 9.83. The van der Waals surface area contributed by atoms with E-state index in [9.17, 15) is 4.79 Å². The van der Waals surface area contributed by atoms with Crippen LogP contribution >= 0.6 is 0 Å². The maximum absolute atomic E-state index is 12.7. The first-order valence-electron chi connectivity index (χ1n) is 7.31. The Kier molecular flexibility index (Phi) is 3.53. The predicted molar refractivity (Wildman–Crippen MR) is 80.7 cm³/mol. The number of nitrogens with two attached hydrogens (primary N) is 1. The minimum absolute atomic E-state index is 0.107. The first-order chi connectivity index (χ1) is 9.69. The van der Waals surface area contributed by atoms with Gasteiger partial charge >= 0.3 is 0 Å². The summed E-state index contributed by atoms with van der Waals surface area (Å²) in [5, 5.41) is 1.03. The highest BCUT2D eigenvalue weighted by Crippen LogP contribution is 2.33.